The Balaban J connectivity index is 2.39. The highest BCUT2D eigenvalue weighted by atomic mass is 19.2. The maximum Gasteiger partial charge on any atom is 0.341 e. The first kappa shape index (κ1) is 12.2. The summed E-state index contributed by atoms with van der Waals surface area (Å²) >= 11 is 0. The zero-order valence-corrected chi connectivity index (χ0v) is 9.92. The van der Waals surface area contributed by atoms with Crippen molar-refractivity contribution in [1.82, 2.24) is 14.6 Å². The van der Waals surface area contributed by atoms with Gasteiger partial charge in [0.25, 0.3) is 0 Å². The monoisotopic (exact) mass is 275 g/mol. The highest BCUT2D eigenvalue weighted by Crippen LogP contribution is 2.28. The Morgan fingerprint density at radius 2 is 2.05 bits per heavy atom. The van der Waals surface area contributed by atoms with Crippen LogP contribution in [0.15, 0.2) is 36.7 Å². The molecular weight excluding hydrogens is 268 g/mol. The molecule has 0 aliphatic rings. The van der Waals surface area contributed by atoms with Gasteiger partial charge in [0.1, 0.15) is 11.3 Å². The van der Waals surface area contributed by atoms with Gasteiger partial charge < -0.3 is 5.11 Å². The fraction of sp³-hybridized carbons (Fsp3) is 0. The van der Waals surface area contributed by atoms with E-state index in [-0.39, 0.29) is 22.5 Å². The Labute approximate surface area is 111 Å². The Hall–Kier alpha value is -2.83. The summed E-state index contributed by atoms with van der Waals surface area (Å²) in [5.74, 6) is -3.51. The molecule has 0 saturated carbocycles. The van der Waals surface area contributed by atoms with Crippen LogP contribution < -0.4 is 0 Å². The van der Waals surface area contributed by atoms with Crippen molar-refractivity contribution in [2.45, 2.75) is 0 Å². The summed E-state index contributed by atoms with van der Waals surface area (Å²) in [4.78, 5) is 15.3. The van der Waals surface area contributed by atoms with E-state index in [1.54, 1.807) is 6.07 Å². The molecule has 100 valence electrons. The van der Waals surface area contributed by atoms with E-state index < -0.39 is 17.6 Å². The third-order valence-corrected chi connectivity index (χ3v) is 2.82. The number of carbonyl (C=O) groups is 1. The van der Waals surface area contributed by atoms with Gasteiger partial charge in [-0.15, -0.1) is 0 Å². The Morgan fingerprint density at radius 1 is 1.25 bits per heavy atom. The van der Waals surface area contributed by atoms with Crippen molar-refractivity contribution in [1.29, 1.82) is 0 Å². The molecule has 7 heteroatoms. The number of fused-ring (bicyclic) bond motifs is 1. The number of carboxylic acid groups (broad SMARTS) is 1. The van der Waals surface area contributed by atoms with E-state index in [1.807, 2.05) is 0 Å². The SMILES string of the molecule is O=C(O)c1c(-c2cccc(F)c2F)nn2cccnc12. The predicted octanol–water partition coefficient (Wildman–Crippen LogP) is 2.37. The van der Waals surface area contributed by atoms with Crippen LogP contribution in [0.1, 0.15) is 10.4 Å². The highest BCUT2D eigenvalue weighted by Gasteiger charge is 2.24. The summed E-state index contributed by atoms with van der Waals surface area (Å²) in [6, 6.07) is 5.06. The molecule has 0 saturated heterocycles. The number of rotatable bonds is 2. The largest absolute Gasteiger partial charge is 0.477 e. The average molecular weight is 275 g/mol. The summed E-state index contributed by atoms with van der Waals surface area (Å²) in [6.07, 6.45) is 2.88. The van der Waals surface area contributed by atoms with Gasteiger partial charge in [-0.25, -0.2) is 23.1 Å². The summed E-state index contributed by atoms with van der Waals surface area (Å²) in [5, 5.41) is 13.2. The second-order valence-corrected chi connectivity index (χ2v) is 4.02. The molecule has 20 heavy (non-hydrogen) atoms. The minimum atomic E-state index is -1.31. The maximum absolute atomic E-state index is 13.8. The number of hydrogen-bond donors (Lipinski definition) is 1. The van der Waals surface area contributed by atoms with Gasteiger partial charge >= 0.3 is 5.97 Å². The van der Waals surface area contributed by atoms with Crippen LogP contribution in [0, 0.1) is 11.6 Å². The zero-order chi connectivity index (χ0) is 14.3. The first-order valence-electron chi connectivity index (χ1n) is 5.60. The molecule has 2 aromatic heterocycles. The van der Waals surface area contributed by atoms with Gasteiger partial charge in [0.15, 0.2) is 17.3 Å². The second-order valence-electron chi connectivity index (χ2n) is 4.02. The molecule has 0 bridgehead atoms. The van der Waals surface area contributed by atoms with E-state index in [0.29, 0.717) is 0 Å². The minimum Gasteiger partial charge on any atom is -0.477 e. The molecule has 2 heterocycles. The smallest absolute Gasteiger partial charge is 0.341 e. The third kappa shape index (κ3) is 1.71. The molecule has 0 aliphatic heterocycles. The van der Waals surface area contributed by atoms with Crippen LogP contribution in [0.4, 0.5) is 8.78 Å². The van der Waals surface area contributed by atoms with E-state index in [0.717, 1.165) is 6.07 Å². The van der Waals surface area contributed by atoms with Crippen molar-refractivity contribution in [3.63, 3.8) is 0 Å². The molecule has 1 aromatic carbocycles. The van der Waals surface area contributed by atoms with Crippen LogP contribution >= 0.6 is 0 Å². The van der Waals surface area contributed by atoms with E-state index in [2.05, 4.69) is 10.1 Å². The van der Waals surface area contributed by atoms with Crippen LogP contribution in [0.3, 0.4) is 0 Å². The lowest BCUT2D eigenvalue weighted by atomic mass is 10.1. The van der Waals surface area contributed by atoms with Gasteiger partial charge in [0.2, 0.25) is 0 Å². The number of carboxylic acids is 1. The standard InChI is InChI=1S/C13H7F2N3O2/c14-8-4-1-3-7(10(8)15)11-9(13(19)20)12-16-5-2-6-18(12)17-11/h1-6H,(H,19,20). The molecule has 5 nitrogen and oxygen atoms in total. The van der Waals surface area contributed by atoms with Crippen LogP contribution in [0.5, 0.6) is 0 Å². The van der Waals surface area contributed by atoms with Crippen LogP contribution in [-0.2, 0) is 0 Å². The van der Waals surface area contributed by atoms with Crippen molar-refractivity contribution < 1.29 is 18.7 Å². The Morgan fingerprint density at radius 3 is 2.80 bits per heavy atom. The Bertz CT molecular complexity index is 830. The number of nitrogens with zero attached hydrogens (tertiary/aromatic N) is 3. The molecular formula is C13H7F2N3O2. The van der Waals surface area contributed by atoms with Gasteiger partial charge in [-0.3, -0.25) is 0 Å². The van der Waals surface area contributed by atoms with Gasteiger partial charge in [0.05, 0.1) is 0 Å². The quantitative estimate of drug-likeness (QED) is 0.779. The van der Waals surface area contributed by atoms with Crippen LogP contribution in [0.2, 0.25) is 0 Å². The van der Waals surface area contributed by atoms with Crippen molar-refractivity contribution in [2.24, 2.45) is 0 Å². The number of aromatic nitrogens is 3. The van der Waals surface area contributed by atoms with Gasteiger partial charge in [0, 0.05) is 18.0 Å². The summed E-state index contributed by atoms with van der Waals surface area (Å²) < 4.78 is 28.3. The molecule has 0 radical (unpaired) electrons. The number of aromatic carboxylic acids is 1. The topological polar surface area (TPSA) is 67.5 Å². The fourth-order valence-electron chi connectivity index (χ4n) is 1.96. The first-order chi connectivity index (χ1) is 9.59. The molecule has 3 aromatic rings. The zero-order valence-electron chi connectivity index (χ0n) is 9.92. The minimum absolute atomic E-state index is 0.0682. The van der Waals surface area contributed by atoms with Crippen LogP contribution in [0.25, 0.3) is 16.9 Å². The summed E-state index contributed by atoms with van der Waals surface area (Å²) in [5.41, 5.74) is -0.574. The molecule has 1 N–H and O–H groups in total. The average Bonchev–Trinajstić information content (AvgIpc) is 2.81. The molecule has 3 rings (SSSR count). The normalized spacial score (nSPS) is 10.9. The lowest BCUT2D eigenvalue weighted by Crippen LogP contribution is -2.00. The first-order valence-corrected chi connectivity index (χ1v) is 5.60. The summed E-state index contributed by atoms with van der Waals surface area (Å²) in [6.45, 7) is 0. The van der Waals surface area contributed by atoms with E-state index in [9.17, 15) is 18.7 Å². The van der Waals surface area contributed by atoms with E-state index in [1.165, 1.54) is 29.0 Å². The number of halogens is 2. The van der Waals surface area contributed by atoms with E-state index >= 15 is 0 Å². The molecule has 0 spiro atoms. The molecule has 0 amide bonds. The maximum atomic E-state index is 13.8. The summed E-state index contributed by atoms with van der Waals surface area (Å²) in [7, 11) is 0. The molecule has 0 atom stereocenters. The second kappa shape index (κ2) is 4.37. The molecule has 0 unspecified atom stereocenters. The van der Waals surface area contributed by atoms with Crippen molar-refractivity contribution in [3.8, 4) is 11.3 Å². The van der Waals surface area contributed by atoms with Gasteiger partial charge in [-0.2, -0.15) is 5.10 Å². The molecule has 0 fully saturated rings. The van der Waals surface area contributed by atoms with Crippen molar-refractivity contribution in [2.75, 3.05) is 0 Å². The highest BCUT2D eigenvalue weighted by molar-refractivity contribution is 6.01. The third-order valence-electron chi connectivity index (χ3n) is 2.82. The van der Waals surface area contributed by atoms with Crippen LogP contribution in [-0.4, -0.2) is 25.7 Å². The lowest BCUT2D eigenvalue weighted by Gasteiger charge is -2.01. The fourth-order valence-corrected chi connectivity index (χ4v) is 1.96. The Kier molecular flexibility index (Phi) is 2.67. The number of benzene rings is 1. The number of hydrogen-bond acceptors (Lipinski definition) is 3. The molecule has 0 aliphatic carbocycles. The van der Waals surface area contributed by atoms with E-state index in [4.69, 9.17) is 0 Å². The van der Waals surface area contributed by atoms with Gasteiger partial charge in [-0.05, 0) is 18.2 Å². The van der Waals surface area contributed by atoms with Crippen molar-refractivity contribution >= 4 is 11.6 Å². The lowest BCUT2D eigenvalue weighted by molar-refractivity contribution is 0.0699. The predicted molar refractivity (Wildman–Crippen MR) is 65.3 cm³/mol. The van der Waals surface area contributed by atoms with Gasteiger partial charge in [-0.1, -0.05) is 6.07 Å². The van der Waals surface area contributed by atoms with Crippen molar-refractivity contribution in [3.05, 3.63) is 53.9 Å².